The minimum Gasteiger partial charge on any atom is -0.461 e. The number of nitro groups is 1. The molecule has 0 spiro atoms. The molecule has 0 saturated heterocycles. The maximum atomic E-state index is 12.1. The highest BCUT2D eigenvalue weighted by Crippen LogP contribution is 2.24. The van der Waals surface area contributed by atoms with Crippen molar-refractivity contribution in [2.24, 2.45) is 0 Å². The van der Waals surface area contributed by atoms with Gasteiger partial charge in [0.05, 0.1) is 16.9 Å². The molecule has 0 bridgehead atoms. The number of nitrogens with zero attached hydrogens (tertiary/aromatic N) is 4. The molecule has 9 nitrogen and oxygen atoms in total. The van der Waals surface area contributed by atoms with Crippen molar-refractivity contribution in [3.05, 3.63) is 58.3 Å². The molecule has 0 aliphatic rings. The van der Waals surface area contributed by atoms with E-state index in [4.69, 9.17) is 4.42 Å². The third kappa shape index (κ3) is 4.53. The molecule has 27 heavy (non-hydrogen) atoms. The van der Waals surface area contributed by atoms with Crippen LogP contribution < -0.4 is 5.32 Å². The second kappa shape index (κ2) is 8.49. The number of non-ortho nitro benzene ring substituents is 1. The molecule has 0 aliphatic carbocycles. The molecule has 2 aromatic heterocycles. The van der Waals surface area contributed by atoms with Crippen LogP contribution in [0, 0.1) is 10.1 Å². The zero-order valence-corrected chi connectivity index (χ0v) is 15.3. The Morgan fingerprint density at radius 3 is 2.70 bits per heavy atom. The van der Waals surface area contributed by atoms with Crippen LogP contribution in [-0.2, 0) is 17.9 Å². The quantitative estimate of drug-likeness (QED) is 0.359. The molecular weight excluding hydrogens is 370 g/mol. The Morgan fingerprint density at radius 2 is 2.07 bits per heavy atom. The van der Waals surface area contributed by atoms with Gasteiger partial charge in [-0.05, 0) is 24.6 Å². The molecule has 1 N–H and O–H groups in total. The van der Waals surface area contributed by atoms with Crippen molar-refractivity contribution in [3.8, 4) is 11.6 Å². The molecule has 1 aromatic carbocycles. The summed E-state index contributed by atoms with van der Waals surface area (Å²) in [5.74, 6) is 1.27. The van der Waals surface area contributed by atoms with Gasteiger partial charge in [0.25, 0.3) is 5.69 Å². The fraction of sp³-hybridized carbons (Fsp3) is 0.235. The first-order valence-electron chi connectivity index (χ1n) is 8.18. The summed E-state index contributed by atoms with van der Waals surface area (Å²) in [6, 6.07) is 9.65. The Balaban J connectivity index is 1.54. The van der Waals surface area contributed by atoms with Gasteiger partial charge in [-0.15, -0.1) is 10.2 Å². The summed E-state index contributed by atoms with van der Waals surface area (Å²) in [5, 5.41) is 22.3. The fourth-order valence-electron chi connectivity index (χ4n) is 2.39. The number of hydrogen-bond acceptors (Lipinski definition) is 7. The lowest BCUT2D eigenvalue weighted by Crippen LogP contribution is -2.24. The number of aromatic nitrogens is 3. The van der Waals surface area contributed by atoms with Crippen LogP contribution in [0.4, 0.5) is 5.69 Å². The van der Waals surface area contributed by atoms with E-state index in [1.54, 1.807) is 24.5 Å². The predicted molar refractivity (Wildman–Crippen MR) is 99.1 cm³/mol. The second-order valence-corrected chi connectivity index (χ2v) is 6.46. The van der Waals surface area contributed by atoms with E-state index in [-0.39, 0.29) is 17.3 Å². The van der Waals surface area contributed by atoms with E-state index >= 15 is 0 Å². The van der Waals surface area contributed by atoms with Gasteiger partial charge in [-0.2, -0.15) is 0 Å². The second-order valence-electron chi connectivity index (χ2n) is 5.52. The molecule has 0 saturated carbocycles. The molecule has 3 rings (SSSR count). The highest BCUT2D eigenvalue weighted by molar-refractivity contribution is 7.99. The van der Waals surface area contributed by atoms with Gasteiger partial charge in [-0.25, -0.2) is 0 Å². The van der Waals surface area contributed by atoms with E-state index in [1.807, 2.05) is 17.6 Å². The summed E-state index contributed by atoms with van der Waals surface area (Å²) >= 11 is 1.29. The highest BCUT2D eigenvalue weighted by atomic mass is 32.2. The third-order valence-corrected chi connectivity index (χ3v) is 4.71. The summed E-state index contributed by atoms with van der Waals surface area (Å²) in [6.07, 6.45) is 1.57. The number of rotatable bonds is 8. The van der Waals surface area contributed by atoms with Gasteiger partial charge >= 0.3 is 0 Å². The maximum absolute atomic E-state index is 12.1. The third-order valence-electron chi connectivity index (χ3n) is 3.74. The molecule has 0 radical (unpaired) electrons. The number of nitrogens with one attached hydrogen (secondary N) is 1. The van der Waals surface area contributed by atoms with Crippen LogP contribution in [0.15, 0.2) is 52.2 Å². The number of carbonyl (C=O) groups is 1. The summed E-state index contributed by atoms with van der Waals surface area (Å²) in [6.45, 7) is 2.92. The van der Waals surface area contributed by atoms with Gasteiger partial charge < -0.3 is 9.73 Å². The van der Waals surface area contributed by atoms with Crippen LogP contribution in [-0.4, -0.2) is 31.3 Å². The van der Waals surface area contributed by atoms with E-state index in [2.05, 4.69) is 15.5 Å². The topological polar surface area (TPSA) is 116 Å². The van der Waals surface area contributed by atoms with Gasteiger partial charge in [-0.3, -0.25) is 19.5 Å². The predicted octanol–water partition coefficient (Wildman–Crippen LogP) is 2.87. The van der Waals surface area contributed by atoms with Crippen molar-refractivity contribution in [2.45, 2.75) is 25.2 Å². The van der Waals surface area contributed by atoms with E-state index < -0.39 is 4.92 Å². The average Bonchev–Trinajstić information content (AvgIpc) is 3.33. The molecule has 3 aromatic rings. The van der Waals surface area contributed by atoms with Crippen molar-refractivity contribution in [3.63, 3.8) is 0 Å². The molecule has 0 aliphatic heterocycles. The van der Waals surface area contributed by atoms with E-state index in [9.17, 15) is 14.9 Å². The first-order chi connectivity index (χ1) is 13.1. The van der Waals surface area contributed by atoms with E-state index in [1.165, 1.54) is 23.9 Å². The maximum Gasteiger partial charge on any atom is 0.269 e. The highest BCUT2D eigenvalue weighted by Gasteiger charge is 2.16. The number of nitro benzene ring substituents is 1. The Labute approximate surface area is 158 Å². The molecule has 0 fully saturated rings. The Hall–Kier alpha value is -3.14. The smallest absolute Gasteiger partial charge is 0.269 e. The zero-order valence-electron chi connectivity index (χ0n) is 14.5. The minimum atomic E-state index is -0.458. The summed E-state index contributed by atoms with van der Waals surface area (Å²) < 4.78 is 7.24. The number of furan rings is 1. The lowest BCUT2D eigenvalue weighted by molar-refractivity contribution is -0.384. The van der Waals surface area contributed by atoms with Crippen LogP contribution in [0.1, 0.15) is 12.5 Å². The van der Waals surface area contributed by atoms with Gasteiger partial charge in [0.1, 0.15) is 0 Å². The van der Waals surface area contributed by atoms with Gasteiger partial charge in [0.15, 0.2) is 16.7 Å². The van der Waals surface area contributed by atoms with Crippen LogP contribution in [0.3, 0.4) is 0 Å². The van der Waals surface area contributed by atoms with Crippen LogP contribution in [0.25, 0.3) is 11.6 Å². The van der Waals surface area contributed by atoms with Crippen molar-refractivity contribution in [1.82, 2.24) is 20.1 Å². The lowest BCUT2D eigenvalue weighted by Gasteiger charge is -2.07. The number of thioether (sulfide) groups is 1. The largest absolute Gasteiger partial charge is 0.461 e. The normalized spacial score (nSPS) is 10.7. The van der Waals surface area contributed by atoms with Gasteiger partial charge in [0.2, 0.25) is 5.91 Å². The monoisotopic (exact) mass is 387 g/mol. The van der Waals surface area contributed by atoms with Crippen LogP contribution in [0.2, 0.25) is 0 Å². The van der Waals surface area contributed by atoms with Gasteiger partial charge in [-0.1, -0.05) is 23.9 Å². The molecular formula is C17H17N5O4S. The minimum absolute atomic E-state index is 0.0203. The van der Waals surface area contributed by atoms with Gasteiger partial charge in [0, 0.05) is 25.2 Å². The Kier molecular flexibility index (Phi) is 5.87. The fourth-order valence-corrected chi connectivity index (χ4v) is 3.22. The molecule has 2 heterocycles. The number of benzene rings is 1. The summed E-state index contributed by atoms with van der Waals surface area (Å²) in [4.78, 5) is 22.3. The molecule has 0 atom stereocenters. The zero-order chi connectivity index (χ0) is 19.2. The van der Waals surface area contributed by atoms with Crippen molar-refractivity contribution >= 4 is 23.4 Å². The SMILES string of the molecule is CCn1c(SCC(=O)NCc2ccc([N+](=O)[O-])cc2)nnc1-c1ccco1. The van der Waals surface area contributed by atoms with Crippen molar-refractivity contribution in [2.75, 3.05) is 5.75 Å². The first-order valence-corrected chi connectivity index (χ1v) is 9.17. The van der Waals surface area contributed by atoms with Crippen LogP contribution in [0.5, 0.6) is 0 Å². The molecule has 10 heteroatoms. The first kappa shape index (κ1) is 18.6. The number of hydrogen-bond donors (Lipinski definition) is 1. The summed E-state index contributed by atoms with van der Waals surface area (Å²) in [5.41, 5.74) is 0.808. The van der Waals surface area contributed by atoms with Crippen LogP contribution >= 0.6 is 11.8 Å². The average molecular weight is 387 g/mol. The summed E-state index contributed by atoms with van der Waals surface area (Å²) in [7, 11) is 0. The van der Waals surface area contributed by atoms with Crippen molar-refractivity contribution < 1.29 is 14.1 Å². The standard InChI is InChI=1S/C17H17N5O4S/c1-2-21-16(14-4-3-9-26-14)19-20-17(21)27-11-15(23)18-10-12-5-7-13(8-6-12)22(24)25/h3-9H,2,10-11H2,1H3,(H,18,23). The van der Waals surface area contributed by atoms with Crippen molar-refractivity contribution in [1.29, 1.82) is 0 Å². The van der Waals surface area contributed by atoms with E-state index in [0.29, 0.717) is 29.8 Å². The Bertz CT molecular complexity index is 921. The molecule has 1 amide bonds. The number of amides is 1. The lowest BCUT2D eigenvalue weighted by atomic mass is 10.2. The molecule has 140 valence electrons. The molecule has 0 unspecified atom stereocenters. The Morgan fingerprint density at radius 1 is 1.30 bits per heavy atom. The number of carbonyl (C=O) groups excluding carboxylic acids is 1. The van der Waals surface area contributed by atoms with E-state index in [0.717, 1.165) is 5.56 Å².